The second-order valence-corrected chi connectivity index (χ2v) is 39.0. The average Bonchev–Trinajstić information content (AvgIpc) is 1.96. The third-order valence-corrected chi connectivity index (χ3v) is 35.9. The Hall–Kier alpha value is -4.43. The molecule has 0 aliphatic rings. The van der Waals surface area contributed by atoms with E-state index in [-0.39, 0.29) is 0 Å². The molecule has 2 nitrogen and oxygen atoms in total. The topological polar surface area (TPSA) is 9.86 Å². The Balaban J connectivity index is 1.31. The number of hydrogen-bond donors (Lipinski definition) is 0. The van der Waals surface area contributed by atoms with Gasteiger partial charge in [-0.3, -0.25) is 0 Å². The summed E-state index contributed by atoms with van der Waals surface area (Å²) in [6.45, 7) is 16.6. The summed E-state index contributed by atoms with van der Waals surface area (Å²) in [5, 5.41) is 12.6. The van der Waals surface area contributed by atoms with Crippen LogP contribution in [-0.4, -0.2) is 33.0 Å². The summed E-state index contributed by atoms with van der Waals surface area (Å²) in [6, 6.07) is 66.3. The minimum Gasteiger partial charge on any atom is -0.363 e. The summed E-state index contributed by atoms with van der Waals surface area (Å²) < 4.78 is 6.06. The lowest BCUT2D eigenvalue weighted by Crippen LogP contribution is -2.60. The molecular formula is C79H116N2Si3. The van der Waals surface area contributed by atoms with Crippen molar-refractivity contribution in [2.45, 2.75) is 277 Å². The number of unbranched alkanes of at least 4 members (excludes halogenated alkanes) is 24. The van der Waals surface area contributed by atoms with Crippen molar-refractivity contribution in [1.29, 1.82) is 0 Å². The van der Waals surface area contributed by atoms with Gasteiger partial charge >= 0.3 is 0 Å². The maximum Gasteiger partial charge on any atom is 0.193 e. The van der Waals surface area contributed by atoms with Gasteiger partial charge in [0.05, 0.1) is 0 Å². The first-order valence-corrected chi connectivity index (χ1v) is 42.7. The highest BCUT2D eigenvalue weighted by Gasteiger charge is 2.43. The Kier molecular flexibility index (Phi) is 26.7. The smallest absolute Gasteiger partial charge is 0.193 e. The lowest BCUT2D eigenvalue weighted by molar-refractivity contribution is 0.619. The zero-order valence-corrected chi connectivity index (χ0v) is 57.6. The van der Waals surface area contributed by atoms with Gasteiger partial charge in [0.2, 0.25) is 0 Å². The van der Waals surface area contributed by atoms with Crippen LogP contribution in [0.5, 0.6) is 0 Å². The molecule has 2 heterocycles. The van der Waals surface area contributed by atoms with Crippen molar-refractivity contribution < 1.29 is 0 Å². The van der Waals surface area contributed by atoms with Crippen molar-refractivity contribution >= 4 is 88.9 Å². The van der Waals surface area contributed by atoms with Gasteiger partial charge in [-0.05, 0) is 83.9 Å². The molecule has 0 aliphatic carbocycles. The molecule has 0 amide bonds. The summed E-state index contributed by atoms with van der Waals surface area (Å²) >= 11 is 0. The standard InChI is InChI=1S/C79H116N2Si3/c1-8-14-20-26-31-43-65-83(63-41-29-23-17-11-4,80-76-47-35-32-44-72(76)73-45-33-36-48-77(73)80)70-55-51-68(52-56-70)82(60-38-27-21-15-9-2,61-39-28-22-16-10-3)69-53-57-71(58-54-69)84(62-40-25-19-13-6,64-42-30-24-18-12-5)81-78-49-37-34-46-74(78)75-66-67(7)50-59-79(75)81/h32-37,44-59,66H,8-31,38-43,60-65H2,1-7H3. The molecule has 2 aromatic heterocycles. The highest BCUT2D eigenvalue weighted by atomic mass is 28.3. The fourth-order valence-electron chi connectivity index (χ4n) is 15.7. The molecule has 0 aliphatic heterocycles. The van der Waals surface area contributed by atoms with Crippen molar-refractivity contribution in [3.8, 4) is 0 Å². The Morgan fingerprint density at radius 1 is 0.250 bits per heavy atom. The molecule has 0 fully saturated rings. The molecule has 8 aromatic rings. The van der Waals surface area contributed by atoms with Gasteiger partial charge in [0.15, 0.2) is 16.5 Å². The van der Waals surface area contributed by atoms with E-state index < -0.39 is 24.5 Å². The molecule has 2 unspecified atom stereocenters. The molecule has 0 saturated carbocycles. The van der Waals surface area contributed by atoms with Crippen molar-refractivity contribution in [3.63, 3.8) is 0 Å². The quantitative estimate of drug-likeness (QED) is 0.0267. The summed E-state index contributed by atoms with van der Waals surface area (Å²) in [6.07, 6.45) is 40.1. The summed E-state index contributed by atoms with van der Waals surface area (Å²) in [7, 11) is -7.08. The predicted molar refractivity (Wildman–Crippen MR) is 384 cm³/mol. The van der Waals surface area contributed by atoms with E-state index in [0.717, 1.165) is 0 Å². The Bertz CT molecular complexity index is 3080. The van der Waals surface area contributed by atoms with Crippen LogP contribution in [0.1, 0.15) is 240 Å². The van der Waals surface area contributed by atoms with Crippen molar-refractivity contribution in [3.05, 3.63) is 145 Å². The SMILES string of the molecule is CCCCCCCC[Si](CCCCCCC)(c1ccc([Si](CCCCCCC)(CCCCCCC)c2ccc([Si](CCCCCC)(CCCCCCC)n3c4ccccc4c4cc(C)ccc43)cc2)cc1)n1c2ccccc2c2ccccc21. The van der Waals surface area contributed by atoms with Crippen LogP contribution in [0.4, 0.5) is 0 Å². The fourth-order valence-corrected chi connectivity index (χ4v) is 31.3. The van der Waals surface area contributed by atoms with Gasteiger partial charge in [-0.1, -0.05) is 359 Å². The van der Waals surface area contributed by atoms with Crippen molar-refractivity contribution in [2.75, 3.05) is 0 Å². The van der Waals surface area contributed by atoms with Gasteiger partial charge in [-0.25, -0.2) is 0 Å². The molecule has 5 heteroatoms. The first kappa shape index (κ1) is 65.5. The Labute approximate surface area is 516 Å². The van der Waals surface area contributed by atoms with E-state index in [1.807, 2.05) is 0 Å². The zero-order valence-electron chi connectivity index (χ0n) is 54.6. The second kappa shape index (κ2) is 34.2. The van der Waals surface area contributed by atoms with Crippen LogP contribution in [-0.2, 0) is 0 Å². The third kappa shape index (κ3) is 15.8. The maximum atomic E-state index is 3.03. The van der Waals surface area contributed by atoms with Gasteiger partial charge < -0.3 is 8.47 Å². The van der Waals surface area contributed by atoms with Crippen molar-refractivity contribution in [1.82, 2.24) is 8.47 Å². The number of nitrogens with zero attached hydrogens (tertiary/aromatic N) is 2. The Morgan fingerprint density at radius 2 is 0.512 bits per heavy atom. The van der Waals surface area contributed by atoms with Crippen LogP contribution < -0.4 is 20.7 Å². The molecule has 2 atom stereocenters. The minimum absolute atomic E-state index is 1.28. The highest BCUT2D eigenvalue weighted by Crippen LogP contribution is 2.39. The first-order valence-electron chi connectivity index (χ1n) is 35.6. The number of rotatable bonds is 42. The number of fused-ring (bicyclic) bond motifs is 6. The van der Waals surface area contributed by atoms with Gasteiger partial charge in [-0.15, -0.1) is 0 Å². The lowest BCUT2D eigenvalue weighted by atomic mass is 10.1. The molecule has 0 bridgehead atoms. The van der Waals surface area contributed by atoms with E-state index in [2.05, 4.69) is 196 Å². The van der Waals surface area contributed by atoms with E-state index in [1.165, 1.54) is 278 Å². The number of hydrogen-bond acceptors (Lipinski definition) is 0. The lowest BCUT2D eigenvalue weighted by Gasteiger charge is -2.38. The number of benzene rings is 6. The second-order valence-electron chi connectivity index (χ2n) is 26.5. The molecule has 84 heavy (non-hydrogen) atoms. The molecule has 0 saturated heterocycles. The molecule has 8 rings (SSSR count). The average molecular weight is 1180 g/mol. The van der Waals surface area contributed by atoms with Crippen LogP contribution in [0.2, 0.25) is 36.3 Å². The highest BCUT2D eigenvalue weighted by molar-refractivity contribution is 7.02. The number of para-hydroxylation sites is 3. The molecule has 6 aromatic carbocycles. The minimum atomic E-state index is -2.39. The van der Waals surface area contributed by atoms with E-state index in [1.54, 1.807) is 20.7 Å². The maximum absolute atomic E-state index is 3.03. The van der Waals surface area contributed by atoms with Crippen LogP contribution in [0.25, 0.3) is 43.6 Å². The first-order chi connectivity index (χ1) is 41.4. The fraction of sp³-hybridized carbons (Fsp3) is 0.544. The van der Waals surface area contributed by atoms with Gasteiger partial charge in [0.25, 0.3) is 0 Å². The van der Waals surface area contributed by atoms with Gasteiger partial charge in [0.1, 0.15) is 8.07 Å². The van der Waals surface area contributed by atoms with Crippen LogP contribution in [0.3, 0.4) is 0 Å². The van der Waals surface area contributed by atoms with Gasteiger partial charge in [-0.2, -0.15) is 0 Å². The van der Waals surface area contributed by atoms with E-state index >= 15 is 0 Å². The predicted octanol–water partition coefficient (Wildman–Crippen LogP) is 23.0. The summed E-state index contributed by atoms with van der Waals surface area (Å²) in [5.74, 6) is 0. The third-order valence-electron chi connectivity index (χ3n) is 20.4. The Morgan fingerprint density at radius 3 is 0.857 bits per heavy atom. The van der Waals surface area contributed by atoms with Crippen LogP contribution in [0, 0.1) is 6.92 Å². The van der Waals surface area contributed by atoms with Gasteiger partial charge in [0, 0.05) is 43.6 Å². The molecule has 0 radical (unpaired) electrons. The normalized spacial score (nSPS) is 13.7. The monoisotopic (exact) mass is 1180 g/mol. The van der Waals surface area contributed by atoms with E-state index in [9.17, 15) is 0 Å². The summed E-state index contributed by atoms with van der Waals surface area (Å²) in [4.78, 5) is 0. The molecule has 454 valence electrons. The van der Waals surface area contributed by atoms with Crippen molar-refractivity contribution in [2.24, 2.45) is 0 Å². The largest absolute Gasteiger partial charge is 0.363 e. The van der Waals surface area contributed by atoms with Crippen LogP contribution in [0.15, 0.2) is 140 Å². The van der Waals surface area contributed by atoms with E-state index in [4.69, 9.17) is 0 Å². The summed E-state index contributed by atoms with van der Waals surface area (Å²) in [5.41, 5.74) is 7.25. The number of aromatic nitrogens is 2. The molecule has 0 N–H and O–H groups in total. The zero-order chi connectivity index (χ0) is 58.9. The molecule has 0 spiro atoms. The number of aryl methyl sites for hydroxylation is 1. The molecular weight excluding hydrogens is 1060 g/mol. The van der Waals surface area contributed by atoms with Crippen LogP contribution >= 0.6 is 0 Å². The van der Waals surface area contributed by atoms with E-state index in [0.29, 0.717) is 0 Å².